The third-order valence-corrected chi connectivity index (χ3v) is 6.05. The van der Waals surface area contributed by atoms with Crippen molar-refractivity contribution >= 4 is 27.5 Å². The molecule has 0 spiro atoms. The van der Waals surface area contributed by atoms with Crippen LogP contribution in [0.5, 0.6) is 0 Å². The summed E-state index contributed by atoms with van der Waals surface area (Å²) < 4.78 is 30.3. The van der Waals surface area contributed by atoms with E-state index in [1.165, 1.54) is 12.1 Å². The van der Waals surface area contributed by atoms with Gasteiger partial charge in [0.15, 0.2) is 0 Å². The SMILES string of the molecule is Cc1cc2c(cc(C(=O)N3CCN(C)CC3)n2Cc2ccc(F)cc2F)s1. The van der Waals surface area contributed by atoms with Gasteiger partial charge >= 0.3 is 0 Å². The Morgan fingerprint density at radius 1 is 1.11 bits per heavy atom. The van der Waals surface area contributed by atoms with Gasteiger partial charge in [-0.15, -0.1) is 11.3 Å². The van der Waals surface area contributed by atoms with Gasteiger partial charge in [0.2, 0.25) is 0 Å². The molecule has 7 heteroatoms. The molecular formula is C20H21F2N3OS. The van der Waals surface area contributed by atoms with Crippen molar-refractivity contribution in [3.8, 4) is 0 Å². The number of fused-ring (bicyclic) bond motifs is 1. The van der Waals surface area contributed by atoms with Crippen molar-refractivity contribution in [3.63, 3.8) is 0 Å². The van der Waals surface area contributed by atoms with Gasteiger partial charge in [-0.25, -0.2) is 8.78 Å². The molecular weight excluding hydrogens is 368 g/mol. The first kappa shape index (κ1) is 18.1. The molecule has 142 valence electrons. The van der Waals surface area contributed by atoms with E-state index in [9.17, 15) is 13.6 Å². The van der Waals surface area contributed by atoms with E-state index in [0.717, 1.165) is 34.2 Å². The Hall–Kier alpha value is -2.25. The van der Waals surface area contributed by atoms with E-state index in [0.29, 0.717) is 24.3 Å². The van der Waals surface area contributed by atoms with Crippen LogP contribution in [0.3, 0.4) is 0 Å². The number of benzene rings is 1. The number of carbonyl (C=O) groups excluding carboxylic acids is 1. The molecule has 1 saturated heterocycles. The molecule has 3 heterocycles. The Balaban J connectivity index is 1.73. The first-order valence-electron chi connectivity index (χ1n) is 8.94. The van der Waals surface area contributed by atoms with E-state index in [1.54, 1.807) is 11.3 Å². The maximum absolute atomic E-state index is 14.2. The third-order valence-electron chi connectivity index (χ3n) is 5.07. The van der Waals surface area contributed by atoms with Crippen LogP contribution < -0.4 is 0 Å². The topological polar surface area (TPSA) is 28.5 Å². The highest BCUT2D eigenvalue weighted by Gasteiger charge is 2.25. The lowest BCUT2D eigenvalue weighted by molar-refractivity contribution is 0.0654. The van der Waals surface area contributed by atoms with E-state index in [2.05, 4.69) is 4.90 Å². The second-order valence-electron chi connectivity index (χ2n) is 7.05. The zero-order chi connectivity index (χ0) is 19.1. The molecule has 1 fully saturated rings. The van der Waals surface area contributed by atoms with E-state index in [-0.39, 0.29) is 12.5 Å². The summed E-state index contributed by atoms with van der Waals surface area (Å²) in [6.45, 7) is 5.24. The van der Waals surface area contributed by atoms with Crippen LogP contribution in [0.15, 0.2) is 30.3 Å². The summed E-state index contributed by atoms with van der Waals surface area (Å²) in [5.74, 6) is -1.23. The average Bonchev–Trinajstić information content (AvgIpc) is 3.14. The van der Waals surface area contributed by atoms with Crippen LogP contribution in [-0.4, -0.2) is 53.5 Å². The van der Waals surface area contributed by atoms with Gasteiger partial charge in [0.1, 0.15) is 17.3 Å². The number of likely N-dealkylation sites (N-methyl/N-ethyl adjacent to an activating group) is 1. The molecule has 0 saturated carbocycles. The molecule has 1 aliphatic rings. The number of piperazine rings is 1. The summed E-state index contributed by atoms with van der Waals surface area (Å²) in [6, 6.07) is 7.49. The van der Waals surface area contributed by atoms with Crippen LogP contribution in [0, 0.1) is 18.6 Å². The van der Waals surface area contributed by atoms with Crippen molar-refractivity contribution in [2.24, 2.45) is 0 Å². The number of hydrogen-bond acceptors (Lipinski definition) is 3. The van der Waals surface area contributed by atoms with Crippen molar-refractivity contribution in [1.82, 2.24) is 14.4 Å². The highest BCUT2D eigenvalue weighted by Crippen LogP contribution is 2.30. The standard InChI is InChI=1S/C20H21F2N3OS/c1-13-9-17-19(27-13)11-18(20(26)24-7-5-23(2)6-8-24)25(17)12-14-3-4-15(21)10-16(14)22/h3-4,9-11H,5-8,12H2,1-2H3. The zero-order valence-corrected chi connectivity index (χ0v) is 16.2. The maximum Gasteiger partial charge on any atom is 0.270 e. The predicted octanol–water partition coefficient (Wildman–Crippen LogP) is 3.73. The fourth-order valence-electron chi connectivity index (χ4n) is 3.50. The fraction of sp³-hybridized carbons (Fsp3) is 0.350. The number of halogens is 2. The molecule has 0 aliphatic carbocycles. The van der Waals surface area contributed by atoms with Gasteiger partial charge in [-0.05, 0) is 32.2 Å². The lowest BCUT2D eigenvalue weighted by Gasteiger charge is -2.32. The summed E-state index contributed by atoms with van der Waals surface area (Å²) in [7, 11) is 2.04. The number of aromatic nitrogens is 1. The normalized spacial score (nSPS) is 15.6. The summed E-state index contributed by atoms with van der Waals surface area (Å²) >= 11 is 1.62. The number of aryl methyl sites for hydroxylation is 1. The number of nitrogens with zero attached hydrogens (tertiary/aromatic N) is 3. The Morgan fingerprint density at radius 3 is 2.56 bits per heavy atom. The van der Waals surface area contributed by atoms with Crippen molar-refractivity contribution in [1.29, 1.82) is 0 Å². The summed E-state index contributed by atoms with van der Waals surface area (Å²) in [5, 5.41) is 0. The Morgan fingerprint density at radius 2 is 1.85 bits per heavy atom. The van der Waals surface area contributed by atoms with Crippen LogP contribution in [0.4, 0.5) is 8.78 Å². The number of amides is 1. The number of rotatable bonds is 3. The quantitative estimate of drug-likeness (QED) is 0.683. The van der Waals surface area contributed by atoms with Crippen molar-refractivity contribution < 1.29 is 13.6 Å². The van der Waals surface area contributed by atoms with E-state index < -0.39 is 11.6 Å². The molecule has 4 rings (SSSR count). The molecule has 1 aromatic carbocycles. The van der Waals surface area contributed by atoms with Crippen LogP contribution in [0.25, 0.3) is 10.2 Å². The second-order valence-corrected chi connectivity index (χ2v) is 8.34. The van der Waals surface area contributed by atoms with Crippen LogP contribution >= 0.6 is 11.3 Å². The summed E-state index contributed by atoms with van der Waals surface area (Å²) in [5.41, 5.74) is 1.84. The fourth-order valence-corrected chi connectivity index (χ4v) is 4.47. The van der Waals surface area contributed by atoms with Crippen LogP contribution in [0.2, 0.25) is 0 Å². The maximum atomic E-state index is 14.2. The number of hydrogen-bond donors (Lipinski definition) is 0. The van der Waals surface area contributed by atoms with Gasteiger partial charge in [0.25, 0.3) is 5.91 Å². The highest BCUT2D eigenvalue weighted by atomic mass is 32.1. The molecule has 3 aromatic rings. The average molecular weight is 389 g/mol. The van der Waals surface area contributed by atoms with Gasteiger partial charge in [-0.1, -0.05) is 6.07 Å². The van der Waals surface area contributed by atoms with Gasteiger partial charge in [-0.3, -0.25) is 4.79 Å². The lowest BCUT2D eigenvalue weighted by Crippen LogP contribution is -2.47. The third kappa shape index (κ3) is 3.49. The molecule has 0 atom stereocenters. The first-order chi connectivity index (χ1) is 12.9. The molecule has 0 bridgehead atoms. The summed E-state index contributed by atoms with van der Waals surface area (Å²) in [4.78, 5) is 18.3. The minimum Gasteiger partial charge on any atom is -0.335 e. The Kier molecular flexibility index (Phi) is 4.74. The monoisotopic (exact) mass is 389 g/mol. The lowest BCUT2D eigenvalue weighted by atomic mass is 10.2. The van der Waals surface area contributed by atoms with E-state index in [4.69, 9.17) is 0 Å². The van der Waals surface area contributed by atoms with Crippen molar-refractivity contribution in [2.75, 3.05) is 33.2 Å². The second kappa shape index (κ2) is 7.05. The van der Waals surface area contributed by atoms with Crippen LogP contribution in [-0.2, 0) is 6.54 Å². The molecule has 1 aliphatic heterocycles. The summed E-state index contributed by atoms with van der Waals surface area (Å²) in [6.07, 6.45) is 0. The number of thiophene rings is 1. The molecule has 0 unspecified atom stereocenters. The van der Waals surface area contributed by atoms with Gasteiger partial charge in [0.05, 0.1) is 16.8 Å². The smallest absolute Gasteiger partial charge is 0.270 e. The molecule has 0 N–H and O–H groups in total. The molecule has 0 radical (unpaired) electrons. The zero-order valence-electron chi connectivity index (χ0n) is 15.3. The van der Waals surface area contributed by atoms with Gasteiger partial charge in [-0.2, -0.15) is 0 Å². The molecule has 27 heavy (non-hydrogen) atoms. The minimum atomic E-state index is -0.603. The van der Waals surface area contributed by atoms with E-state index >= 15 is 0 Å². The molecule has 4 nitrogen and oxygen atoms in total. The van der Waals surface area contributed by atoms with Gasteiger partial charge in [0, 0.05) is 42.7 Å². The van der Waals surface area contributed by atoms with Crippen LogP contribution in [0.1, 0.15) is 20.9 Å². The largest absolute Gasteiger partial charge is 0.335 e. The first-order valence-corrected chi connectivity index (χ1v) is 9.75. The van der Waals surface area contributed by atoms with Crippen molar-refractivity contribution in [3.05, 3.63) is 58.1 Å². The minimum absolute atomic E-state index is 0.0355. The van der Waals surface area contributed by atoms with Gasteiger partial charge < -0.3 is 14.4 Å². The van der Waals surface area contributed by atoms with E-state index in [1.807, 2.05) is 35.6 Å². The number of carbonyl (C=O) groups is 1. The predicted molar refractivity (Wildman–Crippen MR) is 103 cm³/mol. The Labute approximate surface area is 160 Å². The molecule has 2 aromatic heterocycles. The highest BCUT2D eigenvalue weighted by molar-refractivity contribution is 7.19. The van der Waals surface area contributed by atoms with Crippen molar-refractivity contribution in [2.45, 2.75) is 13.5 Å². The molecule has 1 amide bonds. The Bertz CT molecular complexity index is 1000.